The van der Waals surface area contributed by atoms with E-state index in [1.807, 2.05) is 0 Å². The van der Waals surface area contributed by atoms with E-state index in [0.29, 0.717) is 10.9 Å². The van der Waals surface area contributed by atoms with Gasteiger partial charge in [0, 0.05) is 5.39 Å². The van der Waals surface area contributed by atoms with Crippen LogP contribution in [-0.2, 0) is 9.47 Å². The fourth-order valence-corrected chi connectivity index (χ4v) is 4.52. The van der Waals surface area contributed by atoms with Crippen LogP contribution in [0.25, 0.3) is 10.9 Å². The van der Waals surface area contributed by atoms with E-state index in [4.69, 9.17) is 14.2 Å². The van der Waals surface area contributed by atoms with Crippen LogP contribution in [0.2, 0.25) is 0 Å². The van der Waals surface area contributed by atoms with E-state index in [1.54, 1.807) is 24.3 Å². The van der Waals surface area contributed by atoms with Crippen LogP contribution in [0.5, 0.6) is 5.75 Å². The number of hydrogen-bond donors (Lipinski definition) is 9. The Balaban J connectivity index is 1.64. The van der Waals surface area contributed by atoms with Gasteiger partial charge in [0.1, 0.15) is 47.1 Å². The predicted molar refractivity (Wildman–Crippen MR) is 103 cm³/mol. The molecule has 2 fully saturated rings. The van der Waals surface area contributed by atoms with Crippen molar-refractivity contribution in [1.29, 1.82) is 0 Å². The minimum absolute atomic E-state index is 0.103. The molecule has 2 aromatic rings. The smallest absolute Gasteiger partial charge is 0.231 e. The number of fused-ring (bicyclic) bond motifs is 1. The molecule has 2 aliphatic rings. The molecule has 0 amide bonds. The first-order chi connectivity index (χ1) is 14.7. The molecule has 10 atom stereocenters. The van der Waals surface area contributed by atoms with Crippen LogP contribution in [0, 0.1) is 0 Å². The number of aromatic amines is 1. The molecule has 12 nitrogen and oxygen atoms in total. The number of rotatable bonds is 4. The van der Waals surface area contributed by atoms with E-state index in [2.05, 4.69) is 4.98 Å². The Morgan fingerprint density at radius 2 is 1.35 bits per heavy atom. The number of benzene rings is 1. The zero-order chi connectivity index (χ0) is 22.4. The lowest BCUT2D eigenvalue weighted by Gasteiger charge is -2.38. The molecule has 2 saturated heterocycles. The molecular weight excluding hydrogens is 438 g/mol. The van der Waals surface area contributed by atoms with Gasteiger partial charge in [0.25, 0.3) is 0 Å². The van der Waals surface area contributed by atoms with Gasteiger partial charge in [-0.2, -0.15) is 0 Å². The third kappa shape index (κ3) is 4.15. The van der Waals surface area contributed by atoms with Gasteiger partial charge in [-0.1, -0.05) is 23.9 Å². The highest BCUT2D eigenvalue weighted by molar-refractivity contribution is 7.99. The topological polar surface area (TPSA) is 205 Å². The first kappa shape index (κ1) is 22.7. The first-order valence-corrected chi connectivity index (χ1v) is 10.3. The molecule has 0 bridgehead atoms. The van der Waals surface area contributed by atoms with Gasteiger partial charge in [-0.3, -0.25) is 0 Å². The molecule has 4 rings (SSSR count). The molecule has 9 N–H and O–H groups in total. The van der Waals surface area contributed by atoms with Crippen molar-refractivity contribution >= 4 is 22.7 Å². The normalized spacial score (nSPS) is 41.4. The Kier molecular flexibility index (Phi) is 6.44. The summed E-state index contributed by atoms with van der Waals surface area (Å²) in [5.41, 5.74) is -0.628. The van der Waals surface area contributed by atoms with Gasteiger partial charge in [0.2, 0.25) is 6.29 Å². The molecule has 1 aromatic carbocycles. The Hall–Kier alpha value is -1.49. The fourth-order valence-electron chi connectivity index (χ4n) is 3.38. The molecule has 0 spiro atoms. The summed E-state index contributed by atoms with van der Waals surface area (Å²) in [6.07, 6.45) is -15.2. The molecular formula is C18H23NO11S. The van der Waals surface area contributed by atoms with Crippen molar-refractivity contribution in [2.45, 2.75) is 66.0 Å². The number of thioether (sulfide) groups is 1. The zero-order valence-corrected chi connectivity index (χ0v) is 16.6. The average molecular weight is 461 g/mol. The SMILES string of the molecule is O[C@H]1[C@H](O)[C@@H](O)C(Oc2c(SC3O[C@H](O)[C@@H](O)[C@H](O)[C@H]3O)[nH]c3ccccc23)O[C@@H]1O. The number of hydrogen-bond acceptors (Lipinski definition) is 12. The molecule has 2 unspecified atom stereocenters. The van der Waals surface area contributed by atoms with E-state index in [1.165, 1.54) is 0 Å². The number of aromatic nitrogens is 1. The van der Waals surface area contributed by atoms with Crippen LogP contribution in [0.1, 0.15) is 0 Å². The molecule has 172 valence electrons. The average Bonchev–Trinajstić information content (AvgIpc) is 3.09. The lowest BCUT2D eigenvalue weighted by molar-refractivity contribution is -0.321. The second kappa shape index (κ2) is 8.80. The third-order valence-electron chi connectivity index (χ3n) is 5.18. The quantitative estimate of drug-likeness (QED) is 0.226. The summed E-state index contributed by atoms with van der Waals surface area (Å²) in [5.74, 6) is 0.103. The zero-order valence-electron chi connectivity index (χ0n) is 15.8. The molecule has 0 radical (unpaired) electrons. The van der Waals surface area contributed by atoms with E-state index in [9.17, 15) is 40.9 Å². The van der Waals surface area contributed by atoms with Gasteiger partial charge in [0.05, 0.1) is 5.52 Å². The van der Waals surface area contributed by atoms with Gasteiger partial charge in [0.15, 0.2) is 18.3 Å². The van der Waals surface area contributed by atoms with Crippen LogP contribution < -0.4 is 4.74 Å². The van der Waals surface area contributed by atoms with Crippen molar-refractivity contribution in [3.05, 3.63) is 24.3 Å². The number of ether oxygens (including phenoxy) is 3. The summed E-state index contributed by atoms with van der Waals surface area (Å²) in [5, 5.41) is 79.9. The molecule has 31 heavy (non-hydrogen) atoms. The first-order valence-electron chi connectivity index (χ1n) is 9.38. The van der Waals surface area contributed by atoms with Crippen LogP contribution in [0.15, 0.2) is 29.3 Å². The van der Waals surface area contributed by atoms with E-state index in [0.717, 1.165) is 11.8 Å². The summed E-state index contributed by atoms with van der Waals surface area (Å²) in [4.78, 5) is 3.02. The number of H-pyrrole nitrogens is 1. The van der Waals surface area contributed by atoms with Crippen molar-refractivity contribution < 1.29 is 55.1 Å². The second-order valence-corrected chi connectivity index (χ2v) is 8.41. The molecule has 13 heteroatoms. The summed E-state index contributed by atoms with van der Waals surface area (Å²) in [6, 6.07) is 6.83. The highest BCUT2D eigenvalue weighted by Crippen LogP contribution is 2.42. The van der Waals surface area contributed by atoms with E-state index < -0.39 is 60.9 Å². The van der Waals surface area contributed by atoms with Crippen molar-refractivity contribution in [3.63, 3.8) is 0 Å². The molecule has 0 saturated carbocycles. The maximum Gasteiger partial charge on any atom is 0.231 e. The highest BCUT2D eigenvalue weighted by Gasteiger charge is 2.46. The highest BCUT2D eigenvalue weighted by atomic mass is 32.2. The molecule has 0 aliphatic carbocycles. The number of aliphatic hydroxyl groups is 8. The van der Waals surface area contributed by atoms with Gasteiger partial charge in [-0.05, 0) is 12.1 Å². The lowest BCUT2D eigenvalue weighted by atomic mass is 10.0. The summed E-state index contributed by atoms with van der Waals surface area (Å²) in [7, 11) is 0. The second-order valence-electron chi connectivity index (χ2n) is 7.30. The maximum absolute atomic E-state index is 10.2. The molecule has 1 aromatic heterocycles. The van der Waals surface area contributed by atoms with Gasteiger partial charge >= 0.3 is 0 Å². The number of nitrogens with one attached hydrogen (secondary N) is 1. The minimum Gasteiger partial charge on any atom is -0.458 e. The Morgan fingerprint density at radius 1 is 0.742 bits per heavy atom. The Labute approximate surface area is 179 Å². The van der Waals surface area contributed by atoms with Crippen molar-refractivity contribution in [3.8, 4) is 5.75 Å². The molecule has 3 heterocycles. The van der Waals surface area contributed by atoms with Crippen LogP contribution in [0.3, 0.4) is 0 Å². The maximum atomic E-state index is 10.2. The van der Waals surface area contributed by atoms with Gasteiger partial charge in [-0.15, -0.1) is 0 Å². The Morgan fingerprint density at radius 3 is 2.06 bits per heavy atom. The molecule has 2 aliphatic heterocycles. The van der Waals surface area contributed by atoms with Crippen molar-refractivity contribution in [2.24, 2.45) is 0 Å². The predicted octanol–water partition coefficient (Wildman–Crippen LogP) is -2.85. The van der Waals surface area contributed by atoms with Gasteiger partial charge in [-0.25, -0.2) is 0 Å². The summed E-state index contributed by atoms with van der Waals surface area (Å²) >= 11 is 0.831. The number of aliphatic hydroxyl groups excluding tert-OH is 8. The fraction of sp³-hybridized carbons (Fsp3) is 0.556. The van der Waals surface area contributed by atoms with Crippen LogP contribution in [-0.4, -0.2) is 107 Å². The Bertz CT molecular complexity index is 912. The monoisotopic (exact) mass is 461 g/mol. The summed E-state index contributed by atoms with van der Waals surface area (Å²) in [6.45, 7) is 0. The largest absolute Gasteiger partial charge is 0.458 e. The van der Waals surface area contributed by atoms with E-state index >= 15 is 0 Å². The minimum atomic E-state index is -1.81. The van der Waals surface area contributed by atoms with E-state index in [-0.39, 0.29) is 10.8 Å². The number of para-hydroxylation sites is 1. The van der Waals surface area contributed by atoms with Crippen molar-refractivity contribution in [2.75, 3.05) is 0 Å². The third-order valence-corrected chi connectivity index (χ3v) is 6.33. The van der Waals surface area contributed by atoms with Crippen LogP contribution >= 0.6 is 11.8 Å². The van der Waals surface area contributed by atoms with Gasteiger partial charge < -0.3 is 60.0 Å². The van der Waals surface area contributed by atoms with Crippen molar-refractivity contribution in [1.82, 2.24) is 4.98 Å². The summed E-state index contributed by atoms with van der Waals surface area (Å²) < 4.78 is 16.0. The standard InChI is InChI=1S/C18H23NO11S/c20-7-9(22)15(26)29-17(11(7)24)28-13-5-3-1-2-4-6(5)19-14(13)31-18-12(25)8(21)10(23)16(27)30-18/h1-4,7-12,15-27H/t7-,8-,9-,10-,11+,12+,15-,16-,17?,18?/m0/s1. The lowest BCUT2D eigenvalue weighted by Crippen LogP contribution is -2.59. The van der Waals surface area contributed by atoms with Crippen LogP contribution in [0.4, 0.5) is 0 Å².